The Bertz CT molecular complexity index is 755. The van der Waals surface area contributed by atoms with Crippen molar-refractivity contribution >= 4 is 23.1 Å². The third-order valence-corrected chi connectivity index (χ3v) is 7.16. The summed E-state index contributed by atoms with van der Waals surface area (Å²) in [4.78, 5) is 3.58. The van der Waals surface area contributed by atoms with Crippen molar-refractivity contribution in [2.45, 2.75) is 57.3 Å². The van der Waals surface area contributed by atoms with Gasteiger partial charge in [-0.15, -0.1) is 11.8 Å². The van der Waals surface area contributed by atoms with E-state index < -0.39 is 0 Å². The van der Waals surface area contributed by atoms with Crippen LogP contribution in [-0.4, -0.2) is 24.5 Å². The number of phenolic OH excluding ortho intramolecular Hbond substituents is 1. The van der Waals surface area contributed by atoms with Crippen LogP contribution in [0.4, 0.5) is 11.4 Å². The highest BCUT2D eigenvalue weighted by Gasteiger charge is 2.36. The summed E-state index contributed by atoms with van der Waals surface area (Å²) in [5.74, 6) is 1.85. The number of hydrogen-bond donors (Lipinski definition) is 1. The van der Waals surface area contributed by atoms with E-state index in [9.17, 15) is 5.11 Å². The monoisotopic (exact) mass is 399 g/mol. The zero-order valence-electron chi connectivity index (χ0n) is 17.4. The molecule has 0 unspecified atom stereocenters. The number of methoxy groups -OCH3 is 1. The molecule has 0 atom stereocenters. The van der Waals surface area contributed by atoms with Crippen LogP contribution in [0, 0.1) is 5.41 Å². The molecule has 1 aliphatic heterocycles. The Morgan fingerprint density at radius 3 is 2.36 bits per heavy atom. The van der Waals surface area contributed by atoms with E-state index in [1.807, 2.05) is 23.9 Å². The molecule has 0 saturated carbocycles. The average molecular weight is 400 g/mol. The van der Waals surface area contributed by atoms with Crippen molar-refractivity contribution in [1.82, 2.24) is 0 Å². The molecule has 1 aliphatic rings. The van der Waals surface area contributed by atoms with Crippen molar-refractivity contribution in [3.8, 4) is 11.5 Å². The second-order valence-corrected chi connectivity index (χ2v) is 8.93. The van der Waals surface area contributed by atoms with Gasteiger partial charge in [0.2, 0.25) is 0 Å². The van der Waals surface area contributed by atoms with Crippen molar-refractivity contribution < 1.29 is 9.84 Å². The first-order valence-electron chi connectivity index (χ1n) is 10.5. The first kappa shape index (κ1) is 20.9. The molecule has 0 radical (unpaired) electrons. The number of aromatic hydroxyl groups is 1. The third-order valence-electron chi connectivity index (χ3n) is 5.77. The molecule has 0 aliphatic carbocycles. The van der Waals surface area contributed by atoms with E-state index in [0.717, 1.165) is 22.9 Å². The molecule has 3 nitrogen and oxygen atoms in total. The smallest absolute Gasteiger partial charge is 0.162 e. The van der Waals surface area contributed by atoms with Gasteiger partial charge in [0.05, 0.1) is 12.8 Å². The van der Waals surface area contributed by atoms with Crippen LogP contribution in [0.3, 0.4) is 0 Å². The molecule has 4 heteroatoms. The van der Waals surface area contributed by atoms with Gasteiger partial charge in [0.1, 0.15) is 0 Å². The lowest BCUT2D eigenvalue weighted by molar-refractivity contribution is 0.274. The first-order chi connectivity index (χ1) is 13.6. The van der Waals surface area contributed by atoms with Gasteiger partial charge in [0, 0.05) is 28.9 Å². The van der Waals surface area contributed by atoms with Gasteiger partial charge in [-0.3, -0.25) is 0 Å². The molecule has 0 amide bonds. The molecule has 28 heavy (non-hydrogen) atoms. The largest absolute Gasteiger partial charge is 0.504 e. The van der Waals surface area contributed by atoms with Crippen LogP contribution in [0.25, 0.3) is 0 Å². The molecule has 0 fully saturated rings. The molecular weight excluding hydrogens is 366 g/mol. The molecule has 1 heterocycles. The normalized spacial score (nSPS) is 15.8. The Morgan fingerprint density at radius 1 is 1.07 bits per heavy atom. The Morgan fingerprint density at radius 2 is 1.75 bits per heavy atom. The standard InChI is InChI=1S/C24H33NO2S/c1-4-6-13-24(14-7-5-2)17-25(19-11-9-8-10-12-19)20-15-22(27-3)21(26)16-23(20)28-18-24/h8-12,15-16,26H,4-7,13-14,17-18H2,1-3H3. The summed E-state index contributed by atoms with van der Waals surface area (Å²) in [5, 5.41) is 10.4. The minimum Gasteiger partial charge on any atom is -0.504 e. The van der Waals surface area contributed by atoms with Crippen molar-refractivity contribution in [3.05, 3.63) is 42.5 Å². The van der Waals surface area contributed by atoms with Crippen LogP contribution >= 0.6 is 11.8 Å². The summed E-state index contributed by atoms with van der Waals surface area (Å²) < 4.78 is 5.43. The number of nitrogens with zero attached hydrogens (tertiary/aromatic N) is 1. The number of anilines is 2. The van der Waals surface area contributed by atoms with E-state index >= 15 is 0 Å². The summed E-state index contributed by atoms with van der Waals surface area (Å²) in [6.07, 6.45) is 7.47. The van der Waals surface area contributed by atoms with Gasteiger partial charge < -0.3 is 14.7 Å². The Balaban J connectivity index is 2.07. The Kier molecular flexibility index (Phi) is 7.17. The van der Waals surface area contributed by atoms with Crippen LogP contribution in [0.5, 0.6) is 11.5 Å². The molecule has 2 aromatic rings. The number of thioether (sulfide) groups is 1. The summed E-state index contributed by atoms with van der Waals surface area (Å²) in [5.41, 5.74) is 2.62. The average Bonchev–Trinajstić information content (AvgIpc) is 2.88. The van der Waals surface area contributed by atoms with Crippen LogP contribution in [0.15, 0.2) is 47.4 Å². The maximum absolute atomic E-state index is 10.4. The van der Waals surface area contributed by atoms with E-state index in [1.54, 1.807) is 7.11 Å². The number of rotatable bonds is 8. The lowest BCUT2D eigenvalue weighted by Crippen LogP contribution is -2.36. The number of fused-ring (bicyclic) bond motifs is 1. The summed E-state index contributed by atoms with van der Waals surface area (Å²) >= 11 is 1.89. The van der Waals surface area contributed by atoms with E-state index in [2.05, 4.69) is 49.1 Å². The van der Waals surface area contributed by atoms with E-state index in [-0.39, 0.29) is 11.2 Å². The van der Waals surface area contributed by atoms with Crippen LogP contribution in [-0.2, 0) is 0 Å². The van der Waals surface area contributed by atoms with E-state index in [1.165, 1.54) is 44.2 Å². The minimum absolute atomic E-state index is 0.219. The number of benzene rings is 2. The minimum atomic E-state index is 0.219. The highest BCUT2D eigenvalue weighted by Crippen LogP contribution is 2.49. The number of ether oxygens (including phenoxy) is 1. The van der Waals surface area contributed by atoms with Crippen LogP contribution in [0.1, 0.15) is 52.4 Å². The van der Waals surface area contributed by atoms with Crippen molar-refractivity contribution in [2.24, 2.45) is 5.41 Å². The zero-order chi connectivity index (χ0) is 20.0. The predicted octanol–water partition coefficient (Wildman–Crippen LogP) is 7.01. The molecule has 0 bridgehead atoms. The second kappa shape index (κ2) is 9.60. The summed E-state index contributed by atoms with van der Waals surface area (Å²) in [7, 11) is 1.62. The lowest BCUT2D eigenvalue weighted by atomic mass is 9.79. The van der Waals surface area contributed by atoms with E-state index in [0.29, 0.717) is 5.75 Å². The Hall–Kier alpha value is -1.81. The molecule has 0 spiro atoms. The zero-order valence-corrected chi connectivity index (χ0v) is 18.2. The second-order valence-electron chi connectivity index (χ2n) is 7.91. The fourth-order valence-corrected chi connectivity index (χ4v) is 5.45. The van der Waals surface area contributed by atoms with Crippen molar-refractivity contribution in [2.75, 3.05) is 24.3 Å². The predicted molar refractivity (Wildman–Crippen MR) is 120 cm³/mol. The van der Waals surface area contributed by atoms with E-state index in [4.69, 9.17) is 4.74 Å². The quantitative estimate of drug-likeness (QED) is 0.517. The maximum Gasteiger partial charge on any atom is 0.162 e. The molecule has 152 valence electrons. The van der Waals surface area contributed by atoms with Gasteiger partial charge in [0.15, 0.2) is 11.5 Å². The van der Waals surface area contributed by atoms with Gasteiger partial charge in [-0.2, -0.15) is 0 Å². The highest BCUT2D eigenvalue weighted by atomic mass is 32.2. The van der Waals surface area contributed by atoms with Gasteiger partial charge in [-0.05, 0) is 36.5 Å². The third kappa shape index (κ3) is 4.60. The summed E-state index contributed by atoms with van der Waals surface area (Å²) in [6, 6.07) is 14.5. The summed E-state index contributed by atoms with van der Waals surface area (Å²) in [6.45, 7) is 5.57. The fourth-order valence-electron chi connectivity index (χ4n) is 4.09. The maximum atomic E-state index is 10.4. The van der Waals surface area contributed by atoms with Crippen molar-refractivity contribution in [1.29, 1.82) is 0 Å². The first-order valence-corrected chi connectivity index (χ1v) is 11.5. The molecule has 0 saturated heterocycles. The van der Waals surface area contributed by atoms with Gasteiger partial charge >= 0.3 is 0 Å². The number of phenols is 1. The van der Waals surface area contributed by atoms with Crippen LogP contribution in [0.2, 0.25) is 0 Å². The topological polar surface area (TPSA) is 32.7 Å². The van der Waals surface area contributed by atoms with Gasteiger partial charge in [-0.25, -0.2) is 0 Å². The SMILES string of the molecule is CCCCC1(CCCC)CSc2cc(O)c(OC)cc2N(c2ccccc2)C1. The molecule has 1 N–H and O–H groups in total. The molecule has 3 rings (SSSR count). The van der Waals surface area contributed by atoms with Gasteiger partial charge in [-0.1, -0.05) is 57.7 Å². The number of hydrogen-bond acceptors (Lipinski definition) is 4. The molecule has 0 aromatic heterocycles. The fraction of sp³-hybridized carbons (Fsp3) is 0.500. The van der Waals surface area contributed by atoms with Gasteiger partial charge in [0.25, 0.3) is 0 Å². The van der Waals surface area contributed by atoms with Crippen LogP contribution < -0.4 is 9.64 Å². The Labute approximate surface area is 174 Å². The lowest BCUT2D eigenvalue weighted by Gasteiger charge is -2.37. The molecular formula is C24H33NO2S. The molecule has 2 aromatic carbocycles. The number of unbranched alkanes of at least 4 members (excludes halogenated alkanes) is 2. The number of para-hydroxylation sites is 1. The highest BCUT2D eigenvalue weighted by molar-refractivity contribution is 7.99. The van der Waals surface area contributed by atoms with Crippen molar-refractivity contribution in [3.63, 3.8) is 0 Å².